The standard InChI is InChI=1S/C23H33N5O2S/c1-4-25-23(26-17-19-10-12-22(13-11-19)31(29,30)24-3)27-18(2)20-8-7-9-21(16-20)28-14-5-6-15-28/h7-13,16,18,24H,4-6,14-15,17H2,1-3H3,(H2,25,26,27). The molecule has 0 amide bonds. The quantitative estimate of drug-likeness (QED) is 0.431. The maximum absolute atomic E-state index is 11.9. The zero-order valence-corrected chi connectivity index (χ0v) is 19.4. The average Bonchev–Trinajstić information content (AvgIpc) is 3.33. The Morgan fingerprint density at radius 3 is 2.48 bits per heavy atom. The predicted molar refractivity (Wildman–Crippen MR) is 127 cm³/mol. The Balaban J connectivity index is 1.67. The van der Waals surface area contributed by atoms with Gasteiger partial charge in [-0.2, -0.15) is 0 Å². The molecule has 168 valence electrons. The Morgan fingerprint density at radius 2 is 1.84 bits per heavy atom. The lowest BCUT2D eigenvalue weighted by molar-refractivity contribution is 0.588. The van der Waals surface area contributed by atoms with Crippen LogP contribution in [0, 0.1) is 0 Å². The van der Waals surface area contributed by atoms with Gasteiger partial charge in [0.1, 0.15) is 0 Å². The topological polar surface area (TPSA) is 85.8 Å². The molecule has 0 aliphatic carbocycles. The molecule has 2 aromatic rings. The molecular formula is C23H33N5O2S. The van der Waals surface area contributed by atoms with Crippen LogP contribution in [0.25, 0.3) is 0 Å². The second kappa shape index (κ2) is 10.6. The predicted octanol–water partition coefficient (Wildman–Crippen LogP) is 3.01. The van der Waals surface area contributed by atoms with Crippen LogP contribution >= 0.6 is 0 Å². The SMILES string of the molecule is CCNC(=NCc1ccc(S(=O)(=O)NC)cc1)NC(C)c1cccc(N2CCCC2)c1. The van der Waals surface area contributed by atoms with Crippen molar-refractivity contribution in [1.82, 2.24) is 15.4 Å². The van der Waals surface area contributed by atoms with Gasteiger partial charge in [0.15, 0.2) is 5.96 Å². The van der Waals surface area contributed by atoms with Gasteiger partial charge in [-0.1, -0.05) is 24.3 Å². The molecule has 0 saturated carbocycles. The molecule has 0 bridgehead atoms. The molecule has 3 N–H and O–H groups in total. The Morgan fingerprint density at radius 1 is 1.13 bits per heavy atom. The summed E-state index contributed by atoms with van der Waals surface area (Å²) in [4.78, 5) is 7.37. The van der Waals surface area contributed by atoms with Crippen LogP contribution in [0.15, 0.2) is 58.4 Å². The molecule has 1 aliphatic heterocycles. The van der Waals surface area contributed by atoms with Crippen LogP contribution in [0.5, 0.6) is 0 Å². The van der Waals surface area contributed by atoms with E-state index in [-0.39, 0.29) is 10.9 Å². The maximum atomic E-state index is 11.9. The normalized spacial score (nSPS) is 15.7. The van der Waals surface area contributed by atoms with E-state index in [1.54, 1.807) is 24.3 Å². The molecule has 1 unspecified atom stereocenters. The van der Waals surface area contributed by atoms with E-state index in [1.807, 2.05) is 6.92 Å². The van der Waals surface area contributed by atoms with Crippen molar-refractivity contribution in [2.75, 3.05) is 31.6 Å². The number of nitrogens with one attached hydrogen (secondary N) is 3. The first-order valence-corrected chi connectivity index (χ1v) is 12.3. The number of anilines is 1. The van der Waals surface area contributed by atoms with Crippen molar-refractivity contribution in [3.05, 3.63) is 59.7 Å². The van der Waals surface area contributed by atoms with Crippen LogP contribution in [0.3, 0.4) is 0 Å². The zero-order chi connectivity index (χ0) is 22.3. The van der Waals surface area contributed by atoms with Gasteiger partial charge in [-0.05, 0) is 69.1 Å². The highest BCUT2D eigenvalue weighted by atomic mass is 32.2. The van der Waals surface area contributed by atoms with Gasteiger partial charge in [0.25, 0.3) is 0 Å². The summed E-state index contributed by atoms with van der Waals surface area (Å²) >= 11 is 0. The lowest BCUT2D eigenvalue weighted by Crippen LogP contribution is -2.38. The molecule has 2 aromatic carbocycles. The van der Waals surface area contributed by atoms with E-state index in [2.05, 4.69) is 56.4 Å². The second-order valence-corrected chi connectivity index (χ2v) is 9.59. The second-order valence-electron chi connectivity index (χ2n) is 7.70. The van der Waals surface area contributed by atoms with E-state index in [0.717, 1.165) is 31.2 Å². The molecule has 3 rings (SSSR count). The number of nitrogens with zero attached hydrogens (tertiary/aromatic N) is 2. The summed E-state index contributed by atoms with van der Waals surface area (Å²) in [5.74, 6) is 0.730. The summed E-state index contributed by atoms with van der Waals surface area (Å²) in [6.45, 7) is 7.63. The minimum Gasteiger partial charge on any atom is -0.372 e. The third kappa shape index (κ3) is 6.21. The first-order valence-electron chi connectivity index (χ1n) is 10.8. The molecule has 1 fully saturated rings. The van der Waals surface area contributed by atoms with Crippen LogP contribution in [0.4, 0.5) is 5.69 Å². The van der Waals surface area contributed by atoms with Gasteiger partial charge in [0.2, 0.25) is 10.0 Å². The highest BCUT2D eigenvalue weighted by molar-refractivity contribution is 7.89. The molecule has 31 heavy (non-hydrogen) atoms. The summed E-state index contributed by atoms with van der Waals surface area (Å²) in [6.07, 6.45) is 2.52. The third-order valence-electron chi connectivity index (χ3n) is 5.46. The van der Waals surface area contributed by atoms with Crippen molar-refractivity contribution in [3.63, 3.8) is 0 Å². The first-order chi connectivity index (χ1) is 14.9. The number of aliphatic imine (C=N–C) groups is 1. The number of benzene rings is 2. The lowest BCUT2D eigenvalue weighted by atomic mass is 10.1. The lowest BCUT2D eigenvalue weighted by Gasteiger charge is -2.22. The maximum Gasteiger partial charge on any atom is 0.240 e. The van der Waals surface area contributed by atoms with Gasteiger partial charge >= 0.3 is 0 Å². The Kier molecular flexibility index (Phi) is 7.92. The van der Waals surface area contributed by atoms with Crippen molar-refractivity contribution in [3.8, 4) is 0 Å². The van der Waals surface area contributed by atoms with Crippen molar-refractivity contribution in [2.24, 2.45) is 4.99 Å². The van der Waals surface area contributed by atoms with Gasteiger partial charge in [-0.3, -0.25) is 0 Å². The van der Waals surface area contributed by atoms with Crippen LogP contribution in [0.1, 0.15) is 43.9 Å². The van der Waals surface area contributed by atoms with E-state index in [1.165, 1.54) is 31.1 Å². The molecule has 1 saturated heterocycles. The fourth-order valence-electron chi connectivity index (χ4n) is 3.64. The molecule has 0 spiro atoms. The van der Waals surface area contributed by atoms with Crippen LogP contribution in [-0.2, 0) is 16.6 Å². The molecule has 7 nitrogen and oxygen atoms in total. The van der Waals surface area contributed by atoms with E-state index >= 15 is 0 Å². The first kappa shape index (κ1) is 23.1. The summed E-state index contributed by atoms with van der Waals surface area (Å²) < 4.78 is 26.1. The summed E-state index contributed by atoms with van der Waals surface area (Å²) in [7, 11) is -2.02. The summed E-state index contributed by atoms with van der Waals surface area (Å²) in [5, 5.41) is 6.77. The minimum atomic E-state index is -3.43. The Hall–Kier alpha value is -2.58. The van der Waals surface area contributed by atoms with Crippen LogP contribution in [-0.4, -0.2) is 41.1 Å². The van der Waals surface area contributed by atoms with Crippen molar-refractivity contribution in [1.29, 1.82) is 0 Å². The molecule has 1 atom stereocenters. The van der Waals surface area contributed by atoms with E-state index in [4.69, 9.17) is 0 Å². The van der Waals surface area contributed by atoms with Crippen LogP contribution in [0.2, 0.25) is 0 Å². The Labute approximate surface area is 186 Å². The molecule has 1 heterocycles. The minimum absolute atomic E-state index is 0.100. The largest absolute Gasteiger partial charge is 0.372 e. The smallest absolute Gasteiger partial charge is 0.240 e. The number of rotatable bonds is 8. The van der Waals surface area contributed by atoms with Crippen molar-refractivity contribution in [2.45, 2.75) is 44.2 Å². The summed E-state index contributed by atoms with van der Waals surface area (Å²) in [6, 6.07) is 15.6. The Bertz CT molecular complexity index is 983. The fourth-order valence-corrected chi connectivity index (χ4v) is 4.37. The fraction of sp³-hybridized carbons (Fsp3) is 0.435. The molecule has 0 aromatic heterocycles. The van der Waals surface area contributed by atoms with Crippen LogP contribution < -0.4 is 20.3 Å². The highest BCUT2D eigenvalue weighted by Gasteiger charge is 2.15. The zero-order valence-electron chi connectivity index (χ0n) is 18.6. The van der Waals surface area contributed by atoms with Gasteiger partial charge in [-0.15, -0.1) is 0 Å². The van der Waals surface area contributed by atoms with Crippen molar-refractivity contribution < 1.29 is 8.42 Å². The van der Waals surface area contributed by atoms with E-state index in [0.29, 0.717) is 6.54 Å². The third-order valence-corrected chi connectivity index (χ3v) is 6.89. The molecular weight excluding hydrogens is 410 g/mol. The number of sulfonamides is 1. The van der Waals surface area contributed by atoms with Gasteiger partial charge in [0.05, 0.1) is 17.5 Å². The molecule has 8 heteroatoms. The van der Waals surface area contributed by atoms with E-state index < -0.39 is 10.0 Å². The molecule has 1 aliphatic rings. The highest BCUT2D eigenvalue weighted by Crippen LogP contribution is 2.24. The van der Waals surface area contributed by atoms with E-state index in [9.17, 15) is 8.42 Å². The average molecular weight is 444 g/mol. The molecule has 0 radical (unpaired) electrons. The van der Waals surface area contributed by atoms with Gasteiger partial charge in [-0.25, -0.2) is 18.1 Å². The number of hydrogen-bond acceptors (Lipinski definition) is 4. The summed E-state index contributed by atoms with van der Waals surface area (Å²) in [5.41, 5.74) is 3.44. The number of guanidine groups is 1. The van der Waals surface area contributed by atoms with Crippen molar-refractivity contribution >= 4 is 21.7 Å². The monoisotopic (exact) mass is 443 g/mol. The number of hydrogen-bond donors (Lipinski definition) is 3. The van der Waals surface area contributed by atoms with Gasteiger partial charge < -0.3 is 15.5 Å². The van der Waals surface area contributed by atoms with Gasteiger partial charge in [0, 0.05) is 25.3 Å².